The summed E-state index contributed by atoms with van der Waals surface area (Å²) in [6.45, 7) is 2.35. The molecule has 1 saturated carbocycles. The van der Waals surface area contributed by atoms with Crippen molar-refractivity contribution in [1.29, 1.82) is 0 Å². The van der Waals surface area contributed by atoms with Crippen LogP contribution in [-0.2, 0) is 15.1 Å². The second kappa shape index (κ2) is 6.07. The molecule has 0 bridgehead atoms. The Morgan fingerprint density at radius 1 is 1.38 bits per heavy atom. The van der Waals surface area contributed by atoms with Crippen LogP contribution < -0.4 is 0 Å². The van der Waals surface area contributed by atoms with Crippen LogP contribution in [0.5, 0.6) is 0 Å². The van der Waals surface area contributed by atoms with Gasteiger partial charge in [0.15, 0.2) is 0 Å². The highest BCUT2D eigenvalue weighted by Gasteiger charge is 2.59. The van der Waals surface area contributed by atoms with Crippen LogP contribution in [0.1, 0.15) is 30.8 Å². The van der Waals surface area contributed by atoms with Crippen molar-refractivity contribution in [3.63, 3.8) is 0 Å². The third-order valence-electron chi connectivity index (χ3n) is 4.68. The molecule has 8 heteroatoms. The van der Waals surface area contributed by atoms with E-state index in [-0.39, 0.29) is 24.3 Å². The molecule has 2 aliphatic rings. The van der Waals surface area contributed by atoms with E-state index in [1.54, 1.807) is 0 Å². The molecule has 1 aliphatic carbocycles. The minimum atomic E-state index is -5.02. The highest BCUT2D eigenvalue weighted by atomic mass is 19.4. The molecule has 2 fully saturated rings. The van der Waals surface area contributed by atoms with Gasteiger partial charge in [0, 0.05) is 6.54 Å². The highest BCUT2D eigenvalue weighted by molar-refractivity contribution is 5.78. The summed E-state index contributed by atoms with van der Waals surface area (Å²) in [5.74, 6) is -0.873. The molecule has 134 valence electrons. The number of aryl methyl sites for hydroxylation is 1. The summed E-state index contributed by atoms with van der Waals surface area (Å²) in [5.41, 5.74) is -3.33. The standard InChI is InChI=1S/C16H20F3NO4/c1-10-2-5-13(24-10)15(22,16(17,18)19)8-14(21)20-6-7-23-9-12(20)11-3-4-11/h2,5,11-12,22H,3-4,6-9H2,1H3. The Morgan fingerprint density at radius 2 is 2.08 bits per heavy atom. The van der Waals surface area contributed by atoms with Gasteiger partial charge in [-0.05, 0) is 37.8 Å². The number of hydrogen-bond acceptors (Lipinski definition) is 4. The quantitative estimate of drug-likeness (QED) is 0.908. The number of morpholine rings is 1. The van der Waals surface area contributed by atoms with Gasteiger partial charge in [0.2, 0.25) is 11.5 Å². The van der Waals surface area contributed by atoms with Crippen LogP contribution in [-0.4, -0.2) is 47.9 Å². The monoisotopic (exact) mass is 347 g/mol. The fourth-order valence-corrected chi connectivity index (χ4v) is 3.11. The molecule has 3 rings (SSSR count). The molecule has 0 spiro atoms. The topological polar surface area (TPSA) is 62.9 Å². The number of halogens is 3. The molecule has 24 heavy (non-hydrogen) atoms. The van der Waals surface area contributed by atoms with Gasteiger partial charge < -0.3 is 19.2 Å². The van der Waals surface area contributed by atoms with E-state index in [0.29, 0.717) is 13.2 Å². The normalized spacial score (nSPS) is 24.7. The van der Waals surface area contributed by atoms with Crippen LogP contribution in [0.3, 0.4) is 0 Å². The second-order valence-electron chi connectivity index (χ2n) is 6.51. The van der Waals surface area contributed by atoms with E-state index < -0.39 is 29.9 Å². The first-order chi connectivity index (χ1) is 11.2. The summed E-state index contributed by atoms with van der Waals surface area (Å²) in [4.78, 5) is 14.0. The van der Waals surface area contributed by atoms with Gasteiger partial charge in [0.25, 0.3) is 0 Å². The summed E-state index contributed by atoms with van der Waals surface area (Å²) >= 11 is 0. The highest BCUT2D eigenvalue weighted by Crippen LogP contribution is 2.43. The van der Waals surface area contributed by atoms with E-state index in [2.05, 4.69) is 0 Å². The Labute approximate surface area is 137 Å². The van der Waals surface area contributed by atoms with Crippen molar-refractivity contribution in [2.75, 3.05) is 19.8 Å². The lowest BCUT2D eigenvalue weighted by Crippen LogP contribution is -2.53. The number of carbonyl (C=O) groups excluding carboxylic acids is 1. The molecular weight excluding hydrogens is 327 g/mol. The van der Waals surface area contributed by atoms with E-state index in [1.807, 2.05) is 0 Å². The number of amides is 1. The molecule has 1 aromatic rings. The number of hydrogen-bond donors (Lipinski definition) is 1. The van der Waals surface area contributed by atoms with Crippen molar-refractivity contribution in [2.45, 2.75) is 44.0 Å². The smallest absolute Gasteiger partial charge is 0.425 e. The Bertz CT molecular complexity index is 611. The van der Waals surface area contributed by atoms with Gasteiger partial charge in [-0.1, -0.05) is 0 Å². The van der Waals surface area contributed by atoms with Gasteiger partial charge in [-0.2, -0.15) is 13.2 Å². The van der Waals surface area contributed by atoms with Gasteiger partial charge in [-0.15, -0.1) is 0 Å². The first-order valence-electron chi connectivity index (χ1n) is 7.95. The van der Waals surface area contributed by atoms with Crippen LogP contribution in [0.4, 0.5) is 13.2 Å². The lowest BCUT2D eigenvalue weighted by atomic mass is 9.94. The molecule has 1 aromatic heterocycles. The molecule has 1 N–H and O–H groups in total. The van der Waals surface area contributed by atoms with Crippen molar-refractivity contribution < 1.29 is 32.2 Å². The maximum atomic E-state index is 13.5. The second-order valence-corrected chi connectivity index (χ2v) is 6.51. The first kappa shape index (κ1) is 17.3. The summed E-state index contributed by atoms with van der Waals surface area (Å²) in [5, 5.41) is 10.3. The summed E-state index contributed by atoms with van der Waals surface area (Å²) in [7, 11) is 0. The van der Waals surface area contributed by atoms with Crippen molar-refractivity contribution in [1.82, 2.24) is 4.90 Å². The predicted octanol–water partition coefficient (Wildman–Crippen LogP) is 2.37. The molecule has 5 nitrogen and oxygen atoms in total. The molecule has 1 amide bonds. The van der Waals surface area contributed by atoms with Crippen molar-refractivity contribution in [3.8, 4) is 0 Å². The number of ether oxygens (including phenoxy) is 1. The average molecular weight is 347 g/mol. The van der Waals surface area contributed by atoms with E-state index in [0.717, 1.165) is 18.9 Å². The molecular formula is C16H20F3NO4. The molecule has 2 heterocycles. The zero-order chi connectivity index (χ0) is 17.5. The van der Waals surface area contributed by atoms with Crippen LogP contribution in [0.15, 0.2) is 16.5 Å². The Hall–Kier alpha value is -1.54. The average Bonchev–Trinajstić information content (AvgIpc) is 3.27. The Balaban J connectivity index is 1.83. The van der Waals surface area contributed by atoms with E-state index in [4.69, 9.17) is 9.15 Å². The Kier molecular flexibility index (Phi) is 4.37. The Morgan fingerprint density at radius 3 is 2.62 bits per heavy atom. The van der Waals surface area contributed by atoms with Gasteiger partial charge in [-0.25, -0.2) is 0 Å². The maximum Gasteiger partial charge on any atom is 0.425 e. The largest absolute Gasteiger partial charge is 0.463 e. The third kappa shape index (κ3) is 3.17. The van der Waals surface area contributed by atoms with Crippen molar-refractivity contribution >= 4 is 5.91 Å². The molecule has 1 aliphatic heterocycles. The molecule has 1 saturated heterocycles. The molecule has 0 aromatic carbocycles. The lowest BCUT2D eigenvalue weighted by Gasteiger charge is -2.38. The lowest BCUT2D eigenvalue weighted by molar-refractivity contribution is -0.274. The van der Waals surface area contributed by atoms with E-state index >= 15 is 0 Å². The first-order valence-corrected chi connectivity index (χ1v) is 7.95. The number of furan rings is 1. The van der Waals surface area contributed by atoms with Crippen molar-refractivity contribution in [3.05, 3.63) is 23.7 Å². The molecule has 0 radical (unpaired) electrons. The number of alkyl halides is 3. The summed E-state index contributed by atoms with van der Waals surface area (Å²) in [6.07, 6.45) is -4.22. The third-order valence-corrected chi connectivity index (χ3v) is 4.68. The number of aliphatic hydroxyl groups is 1. The summed E-state index contributed by atoms with van der Waals surface area (Å²) in [6, 6.07) is 2.19. The van der Waals surface area contributed by atoms with Crippen molar-refractivity contribution in [2.24, 2.45) is 5.92 Å². The van der Waals surface area contributed by atoms with Gasteiger partial charge >= 0.3 is 6.18 Å². The van der Waals surface area contributed by atoms with Crippen LogP contribution in [0, 0.1) is 12.8 Å². The SMILES string of the molecule is Cc1ccc(C(O)(CC(=O)N2CCOCC2C2CC2)C(F)(F)F)o1. The number of nitrogens with zero attached hydrogens (tertiary/aromatic N) is 1. The number of carbonyl (C=O) groups is 1. The van der Waals surface area contributed by atoms with Gasteiger partial charge in [-0.3, -0.25) is 4.79 Å². The summed E-state index contributed by atoms with van der Waals surface area (Å²) < 4.78 is 50.8. The molecule has 2 atom stereocenters. The zero-order valence-corrected chi connectivity index (χ0v) is 13.3. The molecule has 2 unspecified atom stereocenters. The van der Waals surface area contributed by atoms with E-state index in [1.165, 1.54) is 17.9 Å². The minimum absolute atomic E-state index is 0.206. The fourth-order valence-electron chi connectivity index (χ4n) is 3.11. The van der Waals surface area contributed by atoms with Crippen LogP contribution in [0.25, 0.3) is 0 Å². The minimum Gasteiger partial charge on any atom is -0.463 e. The van der Waals surface area contributed by atoms with Gasteiger partial charge in [0.1, 0.15) is 11.5 Å². The number of rotatable bonds is 4. The van der Waals surface area contributed by atoms with Crippen LogP contribution >= 0.6 is 0 Å². The van der Waals surface area contributed by atoms with Gasteiger partial charge in [0.05, 0.1) is 25.7 Å². The zero-order valence-electron chi connectivity index (χ0n) is 13.3. The van der Waals surface area contributed by atoms with Crippen LogP contribution in [0.2, 0.25) is 0 Å². The predicted molar refractivity (Wildman–Crippen MR) is 77.1 cm³/mol. The fraction of sp³-hybridized carbons (Fsp3) is 0.688. The van der Waals surface area contributed by atoms with E-state index in [9.17, 15) is 23.1 Å². The maximum absolute atomic E-state index is 13.5.